The molecule has 0 aliphatic rings. The molecule has 0 saturated carbocycles. The maximum atomic E-state index is 10.8. The van der Waals surface area contributed by atoms with Gasteiger partial charge < -0.3 is 20.7 Å². The Labute approximate surface area is 155 Å². The van der Waals surface area contributed by atoms with Crippen LogP contribution >= 0.6 is 36.4 Å². The van der Waals surface area contributed by atoms with Crippen molar-refractivity contribution in [3.8, 4) is 5.75 Å². The van der Waals surface area contributed by atoms with Crippen molar-refractivity contribution < 1.29 is 9.53 Å². The second kappa shape index (κ2) is 13.7. The van der Waals surface area contributed by atoms with Crippen LogP contribution in [0.15, 0.2) is 18.2 Å². The first-order chi connectivity index (χ1) is 10.1. The van der Waals surface area contributed by atoms with Crippen molar-refractivity contribution in [1.82, 2.24) is 10.2 Å². The molecule has 1 aromatic carbocycles. The standard InChI is InChI=1S/C15H24ClN3O2.2ClH/c1-3-19(4-2)8-7-18-10-12-9-13(16)5-6-14(12)21-11-15(17)20;;/h5-6,9,18H,3-4,7-8,10-11H2,1-2H3,(H2,17,20);2*1H. The number of hydrogen-bond donors (Lipinski definition) is 2. The Bertz CT molecular complexity index is 458. The predicted octanol–water partition coefficient (Wildman–Crippen LogP) is 2.48. The summed E-state index contributed by atoms with van der Waals surface area (Å²) in [5, 5.41) is 4.00. The van der Waals surface area contributed by atoms with E-state index in [1.165, 1.54) is 0 Å². The van der Waals surface area contributed by atoms with Crippen molar-refractivity contribution in [2.75, 3.05) is 32.8 Å². The Balaban J connectivity index is 0. The van der Waals surface area contributed by atoms with E-state index >= 15 is 0 Å². The van der Waals surface area contributed by atoms with E-state index in [1.54, 1.807) is 12.1 Å². The monoisotopic (exact) mass is 385 g/mol. The molecule has 1 rings (SSSR count). The normalized spacial score (nSPS) is 9.91. The molecule has 5 nitrogen and oxygen atoms in total. The number of primary amides is 1. The van der Waals surface area contributed by atoms with Gasteiger partial charge in [0.2, 0.25) is 0 Å². The summed E-state index contributed by atoms with van der Waals surface area (Å²) < 4.78 is 5.39. The molecular formula is C15H26Cl3N3O2. The SMILES string of the molecule is CCN(CC)CCNCc1cc(Cl)ccc1OCC(N)=O.Cl.Cl. The molecule has 0 aliphatic heterocycles. The molecule has 0 heterocycles. The number of rotatable bonds is 10. The average molecular weight is 387 g/mol. The molecular weight excluding hydrogens is 361 g/mol. The molecule has 0 aliphatic carbocycles. The maximum absolute atomic E-state index is 10.8. The summed E-state index contributed by atoms with van der Waals surface area (Å²) >= 11 is 6.00. The van der Waals surface area contributed by atoms with Gasteiger partial charge >= 0.3 is 0 Å². The van der Waals surface area contributed by atoms with Gasteiger partial charge in [-0.05, 0) is 31.3 Å². The minimum atomic E-state index is -0.495. The highest BCUT2D eigenvalue weighted by molar-refractivity contribution is 6.30. The summed E-state index contributed by atoms with van der Waals surface area (Å²) in [6, 6.07) is 5.33. The number of nitrogens with two attached hydrogens (primary N) is 1. The van der Waals surface area contributed by atoms with Crippen LogP contribution in [-0.4, -0.2) is 43.6 Å². The number of halogens is 3. The van der Waals surface area contributed by atoms with Crippen molar-refractivity contribution in [2.24, 2.45) is 5.73 Å². The van der Waals surface area contributed by atoms with Gasteiger partial charge in [-0.2, -0.15) is 0 Å². The number of carbonyl (C=O) groups excluding carboxylic acids is 1. The first kappa shape index (κ1) is 24.5. The van der Waals surface area contributed by atoms with E-state index in [0.717, 1.165) is 31.7 Å². The molecule has 0 radical (unpaired) electrons. The van der Waals surface area contributed by atoms with Gasteiger partial charge in [0.25, 0.3) is 5.91 Å². The van der Waals surface area contributed by atoms with Gasteiger partial charge in [-0.15, -0.1) is 24.8 Å². The molecule has 0 bridgehead atoms. The highest BCUT2D eigenvalue weighted by atomic mass is 35.5. The highest BCUT2D eigenvalue weighted by Crippen LogP contribution is 2.22. The Kier molecular flexibility index (Phi) is 14.6. The third-order valence-corrected chi connectivity index (χ3v) is 3.44. The highest BCUT2D eigenvalue weighted by Gasteiger charge is 2.06. The molecule has 0 spiro atoms. The van der Waals surface area contributed by atoms with E-state index in [1.807, 2.05) is 6.07 Å². The van der Waals surface area contributed by atoms with Gasteiger partial charge in [0.15, 0.2) is 6.61 Å². The smallest absolute Gasteiger partial charge is 0.255 e. The van der Waals surface area contributed by atoms with Crippen LogP contribution in [0.25, 0.3) is 0 Å². The quantitative estimate of drug-likeness (QED) is 0.606. The largest absolute Gasteiger partial charge is 0.483 e. The van der Waals surface area contributed by atoms with Crippen molar-refractivity contribution in [2.45, 2.75) is 20.4 Å². The lowest BCUT2D eigenvalue weighted by Gasteiger charge is -2.18. The lowest BCUT2D eigenvalue weighted by atomic mass is 10.2. The van der Waals surface area contributed by atoms with E-state index in [0.29, 0.717) is 17.3 Å². The number of ether oxygens (including phenoxy) is 1. The Hall–Kier alpha value is -0.720. The fourth-order valence-electron chi connectivity index (χ4n) is 1.98. The molecule has 1 aromatic rings. The first-order valence-electron chi connectivity index (χ1n) is 7.19. The van der Waals surface area contributed by atoms with Crippen LogP contribution in [-0.2, 0) is 11.3 Å². The molecule has 1 amide bonds. The minimum absolute atomic E-state index is 0. The maximum Gasteiger partial charge on any atom is 0.255 e. The summed E-state index contributed by atoms with van der Waals surface area (Å²) in [6.07, 6.45) is 0. The zero-order chi connectivity index (χ0) is 15.7. The second-order valence-electron chi connectivity index (χ2n) is 4.71. The van der Waals surface area contributed by atoms with E-state index in [2.05, 4.69) is 24.1 Å². The zero-order valence-corrected chi connectivity index (χ0v) is 15.9. The number of nitrogens with zero attached hydrogens (tertiary/aromatic N) is 1. The fraction of sp³-hybridized carbons (Fsp3) is 0.533. The summed E-state index contributed by atoms with van der Waals surface area (Å²) in [7, 11) is 0. The Morgan fingerprint density at radius 1 is 1.30 bits per heavy atom. The first-order valence-corrected chi connectivity index (χ1v) is 7.57. The number of nitrogens with one attached hydrogen (secondary N) is 1. The lowest BCUT2D eigenvalue weighted by Crippen LogP contribution is -2.31. The molecule has 0 fully saturated rings. The summed E-state index contributed by atoms with van der Waals surface area (Å²) in [5.41, 5.74) is 6.01. The van der Waals surface area contributed by atoms with E-state index in [4.69, 9.17) is 22.1 Å². The molecule has 8 heteroatoms. The van der Waals surface area contributed by atoms with Crippen molar-refractivity contribution in [1.29, 1.82) is 0 Å². The summed E-state index contributed by atoms with van der Waals surface area (Å²) in [5.74, 6) is 0.138. The van der Waals surface area contributed by atoms with Crippen LogP contribution in [0.4, 0.5) is 0 Å². The molecule has 3 N–H and O–H groups in total. The van der Waals surface area contributed by atoms with Crippen LogP contribution in [0.1, 0.15) is 19.4 Å². The molecule has 0 atom stereocenters. The number of benzene rings is 1. The summed E-state index contributed by atoms with van der Waals surface area (Å²) in [6.45, 7) is 8.76. The molecule has 0 unspecified atom stereocenters. The fourth-order valence-corrected chi connectivity index (χ4v) is 2.17. The van der Waals surface area contributed by atoms with Crippen LogP contribution < -0.4 is 15.8 Å². The van der Waals surface area contributed by atoms with Crippen molar-refractivity contribution in [3.05, 3.63) is 28.8 Å². The molecule has 134 valence electrons. The topological polar surface area (TPSA) is 67.6 Å². The van der Waals surface area contributed by atoms with Gasteiger partial charge in [-0.1, -0.05) is 25.4 Å². The number of carbonyl (C=O) groups is 1. The van der Waals surface area contributed by atoms with E-state index in [-0.39, 0.29) is 31.4 Å². The van der Waals surface area contributed by atoms with Gasteiger partial charge in [-0.3, -0.25) is 4.79 Å². The zero-order valence-electron chi connectivity index (χ0n) is 13.5. The van der Waals surface area contributed by atoms with Crippen LogP contribution in [0.3, 0.4) is 0 Å². The van der Waals surface area contributed by atoms with E-state index in [9.17, 15) is 4.79 Å². The minimum Gasteiger partial charge on any atom is -0.483 e. The number of amides is 1. The van der Waals surface area contributed by atoms with Gasteiger partial charge in [-0.25, -0.2) is 0 Å². The lowest BCUT2D eigenvalue weighted by molar-refractivity contribution is -0.119. The van der Waals surface area contributed by atoms with Crippen LogP contribution in [0, 0.1) is 0 Å². The number of hydrogen-bond acceptors (Lipinski definition) is 4. The van der Waals surface area contributed by atoms with E-state index < -0.39 is 5.91 Å². The Morgan fingerprint density at radius 2 is 1.96 bits per heavy atom. The van der Waals surface area contributed by atoms with Crippen LogP contribution in [0.5, 0.6) is 5.75 Å². The Morgan fingerprint density at radius 3 is 2.52 bits per heavy atom. The molecule has 0 saturated heterocycles. The van der Waals surface area contributed by atoms with Crippen molar-refractivity contribution in [3.63, 3.8) is 0 Å². The molecule has 23 heavy (non-hydrogen) atoms. The third-order valence-electron chi connectivity index (χ3n) is 3.21. The number of likely N-dealkylation sites (N-methyl/N-ethyl adjacent to an activating group) is 1. The van der Waals surface area contributed by atoms with Gasteiger partial charge in [0.05, 0.1) is 0 Å². The summed E-state index contributed by atoms with van der Waals surface area (Å²) in [4.78, 5) is 13.1. The average Bonchev–Trinajstić information content (AvgIpc) is 2.46. The molecule has 0 aromatic heterocycles. The van der Waals surface area contributed by atoms with Crippen LogP contribution in [0.2, 0.25) is 5.02 Å². The van der Waals surface area contributed by atoms with Gasteiger partial charge in [0.1, 0.15) is 5.75 Å². The third kappa shape index (κ3) is 9.89. The second-order valence-corrected chi connectivity index (χ2v) is 5.15. The predicted molar refractivity (Wildman–Crippen MR) is 100 cm³/mol. The van der Waals surface area contributed by atoms with Gasteiger partial charge in [0, 0.05) is 30.2 Å². The van der Waals surface area contributed by atoms with Crippen molar-refractivity contribution >= 4 is 42.3 Å².